The number of hydrogen-bond donors (Lipinski definition) is 1. The molecule has 0 aromatic heterocycles. The van der Waals surface area contributed by atoms with Gasteiger partial charge in [-0.25, -0.2) is 0 Å². The first-order chi connectivity index (χ1) is 15.6. The van der Waals surface area contributed by atoms with Crippen molar-refractivity contribution in [2.75, 3.05) is 46.7 Å². The summed E-state index contributed by atoms with van der Waals surface area (Å²) in [6, 6.07) is 11.5. The van der Waals surface area contributed by atoms with Crippen LogP contribution in [0.5, 0.6) is 11.5 Å². The first kappa shape index (κ1) is 28.0. The lowest BCUT2D eigenvalue weighted by Gasteiger charge is -2.12. The zero-order chi connectivity index (χ0) is 23.8. The molecule has 0 spiro atoms. The van der Waals surface area contributed by atoms with Crippen molar-refractivity contribution in [3.8, 4) is 11.5 Å². The summed E-state index contributed by atoms with van der Waals surface area (Å²) in [7, 11) is 4.83. The molecule has 32 heavy (non-hydrogen) atoms. The van der Waals surface area contributed by atoms with E-state index in [0.717, 1.165) is 28.9 Å². The van der Waals surface area contributed by atoms with Crippen LogP contribution in [0.25, 0.3) is 0 Å². The molecule has 9 heteroatoms. The minimum absolute atomic E-state index is 0.470. The normalized spacial score (nSPS) is 11.2. The molecular weight excluding hydrogens is 448 g/mol. The molecule has 0 heterocycles. The second-order valence-corrected chi connectivity index (χ2v) is 8.13. The van der Waals surface area contributed by atoms with Crippen molar-refractivity contribution in [1.29, 1.82) is 0 Å². The van der Waals surface area contributed by atoms with E-state index >= 15 is 0 Å². The summed E-state index contributed by atoms with van der Waals surface area (Å²) >= 11 is 3.16. The molecule has 2 aromatic rings. The zero-order valence-electron chi connectivity index (χ0n) is 19.0. The maximum Gasteiger partial charge on any atom is 0.162 e. The largest absolute Gasteiger partial charge is 0.493 e. The van der Waals surface area contributed by atoms with Gasteiger partial charge < -0.3 is 29.5 Å². The highest BCUT2D eigenvalue weighted by Gasteiger charge is 2.11. The van der Waals surface area contributed by atoms with Gasteiger partial charge in [-0.15, -0.1) is 23.5 Å². The predicted octanol–water partition coefficient (Wildman–Crippen LogP) is 4.75. The van der Waals surface area contributed by atoms with Gasteiger partial charge in [0.05, 0.1) is 26.5 Å². The van der Waals surface area contributed by atoms with E-state index in [4.69, 9.17) is 24.7 Å². The molecule has 2 N–H and O–H groups in total. The number of ether oxygens (including phenoxy) is 4. The van der Waals surface area contributed by atoms with E-state index in [1.165, 1.54) is 16.7 Å². The van der Waals surface area contributed by atoms with E-state index in [1.807, 2.05) is 36.6 Å². The van der Waals surface area contributed by atoms with Gasteiger partial charge in [-0.05, 0) is 43.2 Å². The third-order valence-electron chi connectivity index (χ3n) is 4.23. The highest BCUT2D eigenvalue weighted by molar-refractivity contribution is 7.99. The van der Waals surface area contributed by atoms with Gasteiger partial charge in [-0.2, -0.15) is 0 Å². The molecule has 1 atom stereocenters. The van der Waals surface area contributed by atoms with Crippen LogP contribution in [0.4, 0.5) is 5.69 Å². The monoisotopic (exact) mass is 480 g/mol. The lowest BCUT2D eigenvalue weighted by atomic mass is 10.1. The molecule has 7 nitrogen and oxygen atoms in total. The van der Waals surface area contributed by atoms with Crippen LogP contribution < -0.4 is 15.2 Å². The molecule has 0 saturated heterocycles. The summed E-state index contributed by atoms with van der Waals surface area (Å²) < 4.78 is 20.8. The molecule has 0 aliphatic carbocycles. The second kappa shape index (κ2) is 16.6. The van der Waals surface area contributed by atoms with E-state index in [2.05, 4.69) is 11.7 Å². The smallest absolute Gasteiger partial charge is 0.162 e. The minimum Gasteiger partial charge on any atom is -0.493 e. The third-order valence-corrected chi connectivity index (χ3v) is 5.78. The van der Waals surface area contributed by atoms with Gasteiger partial charge in [0.2, 0.25) is 0 Å². The number of nitrogens with zero attached hydrogens (tertiary/aromatic N) is 1. The van der Waals surface area contributed by atoms with Gasteiger partial charge in [0.15, 0.2) is 17.8 Å². The van der Waals surface area contributed by atoms with Gasteiger partial charge in [0, 0.05) is 35.5 Å². The van der Waals surface area contributed by atoms with Gasteiger partial charge >= 0.3 is 0 Å². The number of rotatable bonds is 13. The Morgan fingerprint density at radius 1 is 1.09 bits per heavy atom. The SMILES string of the molecule is C=Nc1cc(OC)c(OC)cc1SCN.COCCCOC(C=O)c1ccc(SC)cc1. The Hall–Kier alpha value is -2.04. The van der Waals surface area contributed by atoms with Gasteiger partial charge in [0.1, 0.15) is 6.10 Å². The van der Waals surface area contributed by atoms with E-state index in [9.17, 15) is 4.79 Å². The van der Waals surface area contributed by atoms with Crippen LogP contribution in [0.3, 0.4) is 0 Å². The van der Waals surface area contributed by atoms with Crippen molar-refractivity contribution in [2.45, 2.75) is 22.3 Å². The topological polar surface area (TPSA) is 92.4 Å². The number of aliphatic imine (C=N–C) groups is 1. The standard InChI is InChI=1S/C13H18O3S.C10H14N2O2S/c1-15-8-3-9-16-13(10-14)11-4-6-12(17-2)7-5-11;1-12-7-4-8(13-2)9(14-3)5-10(7)15-6-11/h4-7,10,13H,3,8-9H2,1-2H3;4-5H,1,6,11H2,2-3H3. The summed E-state index contributed by atoms with van der Waals surface area (Å²) in [5.74, 6) is 1.79. The zero-order valence-corrected chi connectivity index (χ0v) is 20.7. The number of benzene rings is 2. The molecule has 0 bridgehead atoms. The highest BCUT2D eigenvalue weighted by atomic mass is 32.2. The minimum atomic E-state index is -0.470. The average Bonchev–Trinajstić information content (AvgIpc) is 2.84. The van der Waals surface area contributed by atoms with Crippen molar-refractivity contribution >= 4 is 42.2 Å². The number of thioether (sulfide) groups is 2. The van der Waals surface area contributed by atoms with Crippen molar-refractivity contribution in [3.63, 3.8) is 0 Å². The van der Waals surface area contributed by atoms with Crippen molar-refractivity contribution in [2.24, 2.45) is 10.7 Å². The molecule has 2 rings (SSSR count). The highest BCUT2D eigenvalue weighted by Crippen LogP contribution is 2.39. The summed E-state index contributed by atoms with van der Waals surface area (Å²) in [5, 5.41) is 0. The summed E-state index contributed by atoms with van der Waals surface area (Å²) in [5.41, 5.74) is 7.13. The molecule has 0 saturated carbocycles. The van der Waals surface area contributed by atoms with Crippen molar-refractivity contribution in [3.05, 3.63) is 42.0 Å². The van der Waals surface area contributed by atoms with E-state index in [0.29, 0.717) is 30.6 Å². The number of aldehydes is 1. The van der Waals surface area contributed by atoms with Gasteiger partial charge in [-0.1, -0.05) is 12.1 Å². The second-order valence-electron chi connectivity index (χ2n) is 6.19. The van der Waals surface area contributed by atoms with E-state index in [-0.39, 0.29) is 0 Å². The number of carbonyl (C=O) groups is 1. The Balaban J connectivity index is 0.000000323. The predicted molar refractivity (Wildman–Crippen MR) is 133 cm³/mol. The maximum atomic E-state index is 11.0. The van der Waals surface area contributed by atoms with Crippen LogP contribution in [-0.2, 0) is 14.3 Å². The molecule has 0 aliphatic rings. The Bertz CT molecular complexity index is 819. The van der Waals surface area contributed by atoms with Crippen LogP contribution in [0.2, 0.25) is 0 Å². The summed E-state index contributed by atoms with van der Waals surface area (Å²) in [4.78, 5) is 17.0. The molecular formula is C23H32N2O5S2. The Labute approximate surface area is 199 Å². The van der Waals surface area contributed by atoms with E-state index in [1.54, 1.807) is 39.2 Å². The molecule has 1 unspecified atom stereocenters. The lowest BCUT2D eigenvalue weighted by Crippen LogP contribution is -2.08. The van der Waals surface area contributed by atoms with Crippen molar-refractivity contribution < 1.29 is 23.7 Å². The van der Waals surface area contributed by atoms with Crippen LogP contribution in [-0.4, -0.2) is 59.7 Å². The number of hydrogen-bond acceptors (Lipinski definition) is 9. The van der Waals surface area contributed by atoms with Crippen LogP contribution in [0.1, 0.15) is 18.1 Å². The molecule has 0 amide bonds. The fourth-order valence-corrected chi connectivity index (χ4v) is 3.65. The summed E-state index contributed by atoms with van der Waals surface area (Å²) in [6.07, 6.45) is 3.18. The Morgan fingerprint density at radius 2 is 1.75 bits per heavy atom. The molecule has 0 radical (unpaired) electrons. The number of nitrogens with two attached hydrogens (primary N) is 1. The Kier molecular flexibility index (Phi) is 14.5. The van der Waals surface area contributed by atoms with Crippen LogP contribution in [0, 0.1) is 0 Å². The van der Waals surface area contributed by atoms with Crippen LogP contribution in [0.15, 0.2) is 51.2 Å². The quantitative estimate of drug-likeness (QED) is 0.144. The lowest BCUT2D eigenvalue weighted by molar-refractivity contribution is -0.118. The molecule has 2 aromatic carbocycles. The Morgan fingerprint density at radius 3 is 2.25 bits per heavy atom. The first-order valence-corrected chi connectivity index (χ1v) is 12.0. The van der Waals surface area contributed by atoms with Crippen LogP contribution >= 0.6 is 23.5 Å². The third kappa shape index (κ3) is 9.22. The van der Waals surface area contributed by atoms with Gasteiger partial charge in [-0.3, -0.25) is 4.99 Å². The number of carbonyl (C=O) groups excluding carboxylic acids is 1. The van der Waals surface area contributed by atoms with E-state index < -0.39 is 6.10 Å². The molecule has 0 aliphatic heterocycles. The molecule has 176 valence electrons. The first-order valence-electron chi connectivity index (χ1n) is 9.83. The fourth-order valence-electron chi connectivity index (χ4n) is 2.60. The maximum absolute atomic E-state index is 11.0. The molecule has 0 fully saturated rings. The van der Waals surface area contributed by atoms with Crippen molar-refractivity contribution in [1.82, 2.24) is 0 Å². The van der Waals surface area contributed by atoms with Gasteiger partial charge in [0.25, 0.3) is 0 Å². The average molecular weight is 481 g/mol. The number of methoxy groups -OCH3 is 3. The summed E-state index contributed by atoms with van der Waals surface area (Å²) in [6.45, 7) is 4.68. The fraction of sp³-hybridized carbons (Fsp3) is 0.391.